The third-order valence-corrected chi connectivity index (χ3v) is 1.81. The van der Waals surface area contributed by atoms with Crippen LogP contribution in [0.2, 0.25) is 0 Å². The Labute approximate surface area is 85.8 Å². The van der Waals surface area contributed by atoms with Gasteiger partial charge in [0.25, 0.3) is 0 Å². The van der Waals surface area contributed by atoms with Gasteiger partial charge < -0.3 is 5.32 Å². The first kappa shape index (κ1) is 10.3. The highest BCUT2D eigenvalue weighted by molar-refractivity contribution is 9.11. The van der Waals surface area contributed by atoms with Gasteiger partial charge in [0.15, 0.2) is 0 Å². The van der Waals surface area contributed by atoms with Crippen LogP contribution in [-0.4, -0.2) is 6.54 Å². The second kappa shape index (κ2) is 4.42. The number of hydrogen-bond donors (Lipinski definition) is 1. The molecule has 0 aliphatic rings. The van der Waals surface area contributed by atoms with E-state index in [-0.39, 0.29) is 5.82 Å². The molecule has 3 heteroatoms. The van der Waals surface area contributed by atoms with Gasteiger partial charge in [0.2, 0.25) is 0 Å². The second-order valence-corrected chi connectivity index (χ2v) is 4.01. The molecule has 0 heterocycles. The lowest BCUT2D eigenvalue weighted by molar-refractivity contribution is 0.627. The number of anilines is 1. The van der Waals surface area contributed by atoms with Gasteiger partial charge in [-0.2, -0.15) is 0 Å². The molecule has 70 valence electrons. The molecule has 0 unspecified atom stereocenters. The number of hydrogen-bond acceptors (Lipinski definition) is 1. The summed E-state index contributed by atoms with van der Waals surface area (Å²) in [7, 11) is 0. The minimum Gasteiger partial charge on any atom is -0.380 e. The first-order chi connectivity index (χ1) is 6.08. The van der Waals surface area contributed by atoms with Gasteiger partial charge in [-0.25, -0.2) is 4.39 Å². The maximum Gasteiger partial charge on any atom is 0.125 e. The van der Waals surface area contributed by atoms with Crippen molar-refractivity contribution in [3.63, 3.8) is 0 Å². The summed E-state index contributed by atoms with van der Waals surface area (Å²) in [5.74, 6) is -0.220. The van der Waals surface area contributed by atoms with E-state index in [2.05, 4.69) is 27.8 Å². The summed E-state index contributed by atoms with van der Waals surface area (Å²) in [5, 5.41) is 3.04. The SMILES string of the molecule is C=C(Br)CNc1cc(C)cc(F)c1. The summed E-state index contributed by atoms with van der Waals surface area (Å²) in [6.45, 7) is 6.13. The van der Waals surface area contributed by atoms with Crippen LogP contribution in [0.4, 0.5) is 10.1 Å². The molecule has 1 rings (SSSR count). The van der Waals surface area contributed by atoms with Crippen molar-refractivity contribution in [2.24, 2.45) is 0 Å². The summed E-state index contributed by atoms with van der Waals surface area (Å²) in [5.41, 5.74) is 1.68. The first-order valence-electron chi connectivity index (χ1n) is 3.92. The van der Waals surface area contributed by atoms with Crippen LogP contribution >= 0.6 is 15.9 Å². The van der Waals surface area contributed by atoms with Gasteiger partial charge in [0, 0.05) is 16.7 Å². The van der Waals surface area contributed by atoms with E-state index >= 15 is 0 Å². The molecule has 0 aliphatic heterocycles. The molecule has 1 aromatic rings. The Morgan fingerprint density at radius 2 is 2.23 bits per heavy atom. The smallest absolute Gasteiger partial charge is 0.125 e. The molecule has 0 radical (unpaired) electrons. The van der Waals surface area contributed by atoms with E-state index in [0.29, 0.717) is 6.54 Å². The highest BCUT2D eigenvalue weighted by Gasteiger charge is 1.97. The molecule has 0 bridgehead atoms. The standard InChI is InChI=1S/C10H11BrFN/c1-7-3-9(12)5-10(4-7)13-6-8(2)11/h3-5,13H,2,6H2,1H3. The Kier molecular flexibility index (Phi) is 3.48. The molecule has 0 atom stereocenters. The molecule has 1 nitrogen and oxygen atoms in total. The highest BCUT2D eigenvalue weighted by atomic mass is 79.9. The molecule has 0 spiro atoms. The van der Waals surface area contributed by atoms with Crippen LogP contribution in [0, 0.1) is 12.7 Å². The molecule has 1 N–H and O–H groups in total. The summed E-state index contributed by atoms with van der Waals surface area (Å²) in [4.78, 5) is 0. The molecule has 0 saturated heterocycles. The van der Waals surface area contributed by atoms with E-state index in [0.717, 1.165) is 15.7 Å². The minimum absolute atomic E-state index is 0.220. The van der Waals surface area contributed by atoms with Gasteiger partial charge in [0.05, 0.1) is 0 Å². The third kappa shape index (κ3) is 3.59. The van der Waals surface area contributed by atoms with Gasteiger partial charge >= 0.3 is 0 Å². The summed E-state index contributed by atoms with van der Waals surface area (Å²) < 4.78 is 13.7. The fourth-order valence-corrected chi connectivity index (χ4v) is 1.18. The monoisotopic (exact) mass is 243 g/mol. The minimum atomic E-state index is -0.220. The Hall–Kier alpha value is -0.830. The van der Waals surface area contributed by atoms with E-state index in [1.165, 1.54) is 12.1 Å². The molecular weight excluding hydrogens is 233 g/mol. The fraction of sp³-hybridized carbons (Fsp3) is 0.200. The van der Waals surface area contributed by atoms with E-state index in [4.69, 9.17) is 0 Å². The van der Waals surface area contributed by atoms with Crippen molar-refractivity contribution >= 4 is 21.6 Å². The molecule has 1 aromatic carbocycles. The number of halogens is 2. The average Bonchev–Trinajstić information content (AvgIpc) is 1.99. The molecule has 0 amide bonds. The highest BCUT2D eigenvalue weighted by Crippen LogP contribution is 2.14. The third-order valence-electron chi connectivity index (χ3n) is 1.53. The maximum atomic E-state index is 12.9. The van der Waals surface area contributed by atoms with Crippen molar-refractivity contribution in [3.05, 3.63) is 40.6 Å². The van der Waals surface area contributed by atoms with Gasteiger partial charge in [-0.1, -0.05) is 22.5 Å². The Morgan fingerprint density at radius 1 is 1.54 bits per heavy atom. The Balaban J connectivity index is 2.71. The molecule has 0 aliphatic carbocycles. The summed E-state index contributed by atoms with van der Waals surface area (Å²) in [6.07, 6.45) is 0. The number of benzene rings is 1. The van der Waals surface area contributed by atoms with E-state index < -0.39 is 0 Å². The molecule has 0 saturated carbocycles. The summed E-state index contributed by atoms with van der Waals surface area (Å²) in [6, 6.07) is 4.84. The zero-order valence-corrected chi connectivity index (χ0v) is 8.99. The topological polar surface area (TPSA) is 12.0 Å². The predicted molar refractivity (Wildman–Crippen MR) is 57.7 cm³/mol. The van der Waals surface area contributed by atoms with Crippen molar-refractivity contribution in [2.75, 3.05) is 11.9 Å². The van der Waals surface area contributed by atoms with Crippen molar-refractivity contribution in [2.45, 2.75) is 6.92 Å². The largest absolute Gasteiger partial charge is 0.380 e. The summed E-state index contributed by atoms with van der Waals surface area (Å²) >= 11 is 3.22. The average molecular weight is 244 g/mol. The van der Waals surface area contributed by atoms with Crippen LogP contribution < -0.4 is 5.32 Å². The van der Waals surface area contributed by atoms with Gasteiger partial charge in [-0.15, -0.1) is 0 Å². The van der Waals surface area contributed by atoms with Crippen LogP contribution in [0.1, 0.15) is 5.56 Å². The number of aryl methyl sites for hydroxylation is 1. The van der Waals surface area contributed by atoms with Crippen molar-refractivity contribution in [1.29, 1.82) is 0 Å². The van der Waals surface area contributed by atoms with Crippen molar-refractivity contribution in [3.8, 4) is 0 Å². The van der Waals surface area contributed by atoms with E-state index in [1.807, 2.05) is 13.0 Å². The van der Waals surface area contributed by atoms with Gasteiger partial charge in [-0.3, -0.25) is 0 Å². The lowest BCUT2D eigenvalue weighted by Crippen LogP contribution is -2.01. The van der Waals surface area contributed by atoms with Crippen LogP contribution in [0.5, 0.6) is 0 Å². The number of nitrogens with one attached hydrogen (secondary N) is 1. The lowest BCUT2D eigenvalue weighted by atomic mass is 10.2. The number of rotatable bonds is 3. The Morgan fingerprint density at radius 3 is 2.77 bits per heavy atom. The molecule has 0 fully saturated rings. The molecular formula is C10H11BrFN. The first-order valence-corrected chi connectivity index (χ1v) is 4.71. The van der Waals surface area contributed by atoms with Crippen LogP contribution in [-0.2, 0) is 0 Å². The van der Waals surface area contributed by atoms with Crippen molar-refractivity contribution in [1.82, 2.24) is 0 Å². The zero-order chi connectivity index (χ0) is 9.84. The van der Waals surface area contributed by atoms with E-state index in [1.54, 1.807) is 0 Å². The van der Waals surface area contributed by atoms with Crippen LogP contribution in [0.15, 0.2) is 29.3 Å². The maximum absolute atomic E-state index is 12.9. The van der Waals surface area contributed by atoms with Crippen LogP contribution in [0.25, 0.3) is 0 Å². The van der Waals surface area contributed by atoms with Gasteiger partial charge in [-0.05, 0) is 30.7 Å². The lowest BCUT2D eigenvalue weighted by Gasteiger charge is -2.06. The Bertz CT molecular complexity index is 302. The van der Waals surface area contributed by atoms with Gasteiger partial charge in [0.1, 0.15) is 5.82 Å². The van der Waals surface area contributed by atoms with Crippen molar-refractivity contribution < 1.29 is 4.39 Å². The predicted octanol–water partition coefficient (Wildman–Crippen LogP) is 3.45. The molecule has 0 aromatic heterocycles. The second-order valence-electron chi connectivity index (χ2n) is 2.89. The molecule has 13 heavy (non-hydrogen) atoms. The van der Waals surface area contributed by atoms with E-state index in [9.17, 15) is 4.39 Å². The fourth-order valence-electron chi connectivity index (χ4n) is 1.04. The van der Waals surface area contributed by atoms with Crippen LogP contribution in [0.3, 0.4) is 0 Å². The quantitative estimate of drug-likeness (QED) is 0.858. The zero-order valence-electron chi connectivity index (χ0n) is 7.40. The normalized spacial score (nSPS) is 9.77.